The first-order chi connectivity index (χ1) is 9.47. The van der Waals surface area contributed by atoms with Gasteiger partial charge in [0.25, 0.3) is 5.69 Å². The zero-order chi connectivity index (χ0) is 14.7. The second-order valence-corrected chi connectivity index (χ2v) is 6.21. The van der Waals surface area contributed by atoms with Gasteiger partial charge in [-0.3, -0.25) is 10.1 Å². The smallest absolute Gasteiger partial charge is 0.275 e. The minimum absolute atomic E-state index is 0.0741. The number of hydrogen-bond donors (Lipinski definition) is 1. The van der Waals surface area contributed by atoms with E-state index in [9.17, 15) is 10.1 Å². The molecule has 0 heterocycles. The van der Waals surface area contributed by atoms with Crippen LogP contribution in [-0.2, 0) is 6.54 Å². The number of nitrogens with zero attached hydrogens (tertiary/aromatic N) is 1. The Labute approximate surface area is 137 Å². The van der Waals surface area contributed by atoms with Crippen molar-refractivity contribution in [3.05, 3.63) is 66.0 Å². The molecule has 0 unspecified atom stereocenters. The lowest BCUT2D eigenvalue weighted by Gasteiger charge is -2.09. The van der Waals surface area contributed by atoms with Crippen LogP contribution in [0.1, 0.15) is 5.56 Å². The van der Waals surface area contributed by atoms with Crippen LogP contribution in [0.2, 0.25) is 5.02 Å². The molecule has 0 aromatic heterocycles. The van der Waals surface area contributed by atoms with Crippen molar-refractivity contribution in [3.8, 4) is 0 Å². The molecule has 0 amide bonds. The topological polar surface area (TPSA) is 55.2 Å². The van der Waals surface area contributed by atoms with Crippen LogP contribution in [0.15, 0.2) is 45.3 Å². The molecular weight excluding hydrogens is 411 g/mol. The minimum Gasteiger partial charge on any atom is -0.380 e. The normalized spacial score (nSPS) is 10.3. The van der Waals surface area contributed by atoms with Crippen LogP contribution in [0.4, 0.5) is 11.4 Å². The van der Waals surface area contributed by atoms with E-state index < -0.39 is 4.92 Å². The third-order valence-corrected chi connectivity index (χ3v) is 4.06. The van der Waals surface area contributed by atoms with Gasteiger partial charge >= 0.3 is 0 Å². The Morgan fingerprint density at radius 2 is 1.95 bits per heavy atom. The van der Waals surface area contributed by atoms with E-state index in [4.69, 9.17) is 11.6 Å². The van der Waals surface area contributed by atoms with Crippen LogP contribution in [-0.4, -0.2) is 4.92 Å². The van der Waals surface area contributed by atoms with E-state index in [0.717, 1.165) is 10.2 Å². The molecule has 104 valence electrons. The quantitative estimate of drug-likeness (QED) is 0.533. The van der Waals surface area contributed by atoms with E-state index in [2.05, 4.69) is 37.2 Å². The van der Waals surface area contributed by atoms with Gasteiger partial charge < -0.3 is 5.32 Å². The Morgan fingerprint density at radius 3 is 2.65 bits per heavy atom. The van der Waals surface area contributed by atoms with Gasteiger partial charge in [0.05, 0.1) is 10.6 Å². The van der Waals surface area contributed by atoms with Crippen molar-refractivity contribution in [2.75, 3.05) is 5.32 Å². The van der Waals surface area contributed by atoms with Gasteiger partial charge in [0, 0.05) is 32.1 Å². The monoisotopic (exact) mass is 418 g/mol. The van der Waals surface area contributed by atoms with Gasteiger partial charge in [0.1, 0.15) is 0 Å². The van der Waals surface area contributed by atoms with Crippen molar-refractivity contribution in [2.45, 2.75) is 6.54 Å². The fourth-order valence-electron chi connectivity index (χ4n) is 1.68. The molecule has 2 aromatic rings. The number of nitro groups is 1. The van der Waals surface area contributed by atoms with Crippen molar-refractivity contribution in [2.24, 2.45) is 0 Å². The molecule has 4 nitrogen and oxygen atoms in total. The van der Waals surface area contributed by atoms with Crippen LogP contribution in [0, 0.1) is 10.1 Å². The molecule has 0 radical (unpaired) electrons. The largest absolute Gasteiger partial charge is 0.380 e. The van der Waals surface area contributed by atoms with Gasteiger partial charge in [-0.05, 0) is 46.3 Å². The van der Waals surface area contributed by atoms with Gasteiger partial charge in [-0.1, -0.05) is 27.5 Å². The highest BCUT2D eigenvalue weighted by atomic mass is 79.9. The van der Waals surface area contributed by atoms with E-state index in [0.29, 0.717) is 21.6 Å². The predicted molar refractivity (Wildman–Crippen MR) is 87.3 cm³/mol. The highest BCUT2D eigenvalue weighted by Crippen LogP contribution is 2.28. The van der Waals surface area contributed by atoms with Crippen molar-refractivity contribution in [1.29, 1.82) is 0 Å². The lowest BCUT2D eigenvalue weighted by molar-refractivity contribution is -0.385. The van der Waals surface area contributed by atoms with Gasteiger partial charge in [-0.15, -0.1) is 0 Å². The Hall–Kier alpha value is -1.11. The molecule has 0 spiro atoms. The number of halogens is 3. The predicted octanol–water partition coefficient (Wildman–Crippen LogP) is 5.39. The molecule has 7 heteroatoms. The Kier molecular flexibility index (Phi) is 5.01. The number of benzene rings is 2. The van der Waals surface area contributed by atoms with Crippen molar-refractivity contribution in [3.63, 3.8) is 0 Å². The first kappa shape index (κ1) is 15.3. The maximum Gasteiger partial charge on any atom is 0.275 e. The maximum absolute atomic E-state index is 11.0. The lowest BCUT2D eigenvalue weighted by atomic mass is 10.2. The van der Waals surface area contributed by atoms with Crippen molar-refractivity contribution < 1.29 is 4.92 Å². The number of hydrogen-bond acceptors (Lipinski definition) is 3. The second-order valence-electron chi connectivity index (χ2n) is 4.01. The molecule has 0 fully saturated rings. The van der Waals surface area contributed by atoms with Crippen LogP contribution in [0.25, 0.3) is 0 Å². The molecule has 0 atom stereocenters. The van der Waals surface area contributed by atoms with Gasteiger partial charge in [-0.2, -0.15) is 0 Å². The fourth-order valence-corrected chi connectivity index (χ4v) is 2.59. The number of nitrogens with one attached hydrogen (secondary N) is 1. The standard InChI is InChI=1S/C13H9Br2ClN2O2/c14-9-2-1-8(13(5-9)18(19)20)7-17-12-6-10(16)3-4-11(12)15/h1-6,17H,7H2. The summed E-state index contributed by atoms with van der Waals surface area (Å²) < 4.78 is 1.53. The zero-order valence-electron chi connectivity index (χ0n) is 10.1. The van der Waals surface area contributed by atoms with Crippen molar-refractivity contribution in [1.82, 2.24) is 0 Å². The maximum atomic E-state index is 11.0. The first-order valence-corrected chi connectivity index (χ1v) is 7.55. The molecule has 1 N–H and O–H groups in total. The van der Waals surface area contributed by atoms with Gasteiger partial charge in [0.15, 0.2) is 0 Å². The zero-order valence-corrected chi connectivity index (χ0v) is 14.0. The summed E-state index contributed by atoms with van der Waals surface area (Å²) in [5.74, 6) is 0. The summed E-state index contributed by atoms with van der Waals surface area (Å²) in [7, 11) is 0. The molecule has 0 bridgehead atoms. The average molecular weight is 420 g/mol. The molecule has 0 aliphatic rings. The fraction of sp³-hybridized carbons (Fsp3) is 0.0769. The van der Waals surface area contributed by atoms with Crippen molar-refractivity contribution >= 4 is 54.8 Å². The third kappa shape index (κ3) is 3.71. The minimum atomic E-state index is -0.394. The molecular formula is C13H9Br2ClN2O2. The van der Waals surface area contributed by atoms with E-state index in [1.54, 1.807) is 24.3 Å². The highest BCUT2D eigenvalue weighted by molar-refractivity contribution is 9.10. The van der Waals surface area contributed by atoms with Gasteiger partial charge in [0.2, 0.25) is 0 Å². The molecule has 0 aliphatic carbocycles. The average Bonchev–Trinajstić information content (AvgIpc) is 2.40. The Bertz CT molecular complexity index is 665. The summed E-state index contributed by atoms with van der Waals surface area (Å²) in [5, 5.41) is 14.8. The van der Waals surface area contributed by atoms with E-state index >= 15 is 0 Å². The van der Waals surface area contributed by atoms with Gasteiger partial charge in [-0.25, -0.2) is 0 Å². The van der Waals surface area contributed by atoms with Crippen LogP contribution in [0.3, 0.4) is 0 Å². The van der Waals surface area contributed by atoms with E-state index in [-0.39, 0.29) is 5.69 Å². The molecule has 2 aromatic carbocycles. The molecule has 0 saturated carbocycles. The Morgan fingerprint density at radius 1 is 1.20 bits per heavy atom. The number of rotatable bonds is 4. The Balaban J connectivity index is 2.23. The van der Waals surface area contributed by atoms with E-state index in [1.165, 1.54) is 6.07 Å². The SMILES string of the molecule is O=[N+]([O-])c1cc(Br)ccc1CNc1cc(Cl)ccc1Br. The first-order valence-electron chi connectivity index (χ1n) is 5.59. The number of nitro benzene ring substituents is 1. The van der Waals surface area contributed by atoms with Crippen LogP contribution >= 0.6 is 43.5 Å². The highest BCUT2D eigenvalue weighted by Gasteiger charge is 2.14. The number of anilines is 1. The summed E-state index contributed by atoms with van der Waals surface area (Å²) in [6.07, 6.45) is 0. The summed E-state index contributed by atoms with van der Waals surface area (Å²) >= 11 is 12.6. The summed E-state index contributed by atoms with van der Waals surface area (Å²) in [5.41, 5.74) is 1.46. The summed E-state index contributed by atoms with van der Waals surface area (Å²) in [6, 6.07) is 10.3. The third-order valence-electron chi connectivity index (χ3n) is 2.64. The lowest BCUT2D eigenvalue weighted by Crippen LogP contribution is -2.03. The molecule has 0 aliphatic heterocycles. The van der Waals surface area contributed by atoms with Crippen LogP contribution in [0.5, 0.6) is 0 Å². The summed E-state index contributed by atoms with van der Waals surface area (Å²) in [4.78, 5) is 10.6. The second kappa shape index (κ2) is 6.56. The molecule has 2 rings (SSSR count). The summed E-state index contributed by atoms with van der Waals surface area (Å²) in [6.45, 7) is 0.336. The van der Waals surface area contributed by atoms with Crippen LogP contribution < -0.4 is 5.32 Å². The van der Waals surface area contributed by atoms with E-state index in [1.807, 2.05) is 6.07 Å². The molecule has 20 heavy (non-hydrogen) atoms. The molecule has 0 saturated heterocycles.